The van der Waals surface area contributed by atoms with Gasteiger partial charge in [0, 0.05) is 12.1 Å². The fourth-order valence-electron chi connectivity index (χ4n) is 3.75. The number of carbonyl (C=O) groups is 1. The minimum absolute atomic E-state index is 0.0694. The second-order valence-electron chi connectivity index (χ2n) is 6.88. The summed E-state index contributed by atoms with van der Waals surface area (Å²) in [6.45, 7) is 6.09. The minimum Gasteiger partial charge on any atom is -0.497 e. The van der Waals surface area contributed by atoms with Crippen molar-refractivity contribution in [3.8, 4) is 5.75 Å². The van der Waals surface area contributed by atoms with Gasteiger partial charge in [0.1, 0.15) is 17.1 Å². The smallest absolute Gasteiger partial charge is 0.258 e. The summed E-state index contributed by atoms with van der Waals surface area (Å²) >= 11 is 0. The zero-order valence-corrected chi connectivity index (χ0v) is 15.2. The lowest BCUT2D eigenvalue weighted by Gasteiger charge is -2.37. The van der Waals surface area contributed by atoms with E-state index in [9.17, 15) is 9.90 Å². The molecule has 1 aromatic heterocycles. The Morgan fingerprint density at radius 1 is 1.32 bits per heavy atom. The van der Waals surface area contributed by atoms with Crippen LogP contribution < -0.4 is 4.74 Å². The molecule has 3 rings (SSSR count). The Morgan fingerprint density at radius 3 is 2.56 bits per heavy atom. The molecule has 0 bridgehead atoms. The number of rotatable bonds is 4. The lowest BCUT2D eigenvalue weighted by Crippen LogP contribution is -2.48. The number of furan rings is 1. The number of benzene rings is 1. The van der Waals surface area contributed by atoms with Crippen molar-refractivity contribution < 1.29 is 19.1 Å². The van der Waals surface area contributed by atoms with Gasteiger partial charge in [0.05, 0.1) is 25.0 Å². The van der Waals surface area contributed by atoms with E-state index in [0.717, 1.165) is 29.7 Å². The van der Waals surface area contributed by atoms with Crippen LogP contribution in [0.5, 0.6) is 5.75 Å². The molecule has 1 saturated heterocycles. The number of ether oxygens (including phenoxy) is 1. The van der Waals surface area contributed by atoms with Crippen LogP contribution in [-0.4, -0.2) is 35.6 Å². The highest BCUT2D eigenvalue weighted by molar-refractivity contribution is 5.97. The van der Waals surface area contributed by atoms with E-state index in [1.54, 1.807) is 32.1 Å². The molecular formula is C20H25NO4. The first-order valence-electron chi connectivity index (χ1n) is 8.58. The van der Waals surface area contributed by atoms with Gasteiger partial charge in [-0.05, 0) is 51.3 Å². The summed E-state index contributed by atoms with van der Waals surface area (Å²) in [4.78, 5) is 14.9. The average Bonchev–Trinajstić information content (AvgIpc) is 3.22. The summed E-state index contributed by atoms with van der Waals surface area (Å²) in [6, 6.07) is 7.09. The largest absolute Gasteiger partial charge is 0.497 e. The van der Waals surface area contributed by atoms with Crippen LogP contribution in [0.15, 0.2) is 34.9 Å². The molecule has 0 aliphatic carbocycles. The van der Waals surface area contributed by atoms with E-state index in [-0.39, 0.29) is 11.9 Å². The van der Waals surface area contributed by atoms with Crippen molar-refractivity contribution in [2.24, 2.45) is 0 Å². The van der Waals surface area contributed by atoms with Gasteiger partial charge >= 0.3 is 0 Å². The van der Waals surface area contributed by atoms with Crippen LogP contribution >= 0.6 is 0 Å². The van der Waals surface area contributed by atoms with Gasteiger partial charge in [0.15, 0.2) is 0 Å². The lowest BCUT2D eigenvalue weighted by atomic mass is 9.86. The maximum absolute atomic E-state index is 13.1. The molecule has 0 radical (unpaired) electrons. The molecule has 2 atom stereocenters. The van der Waals surface area contributed by atoms with Crippen LogP contribution in [0.1, 0.15) is 47.0 Å². The molecule has 1 fully saturated rings. The molecule has 25 heavy (non-hydrogen) atoms. The molecule has 2 aromatic rings. The summed E-state index contributed by atoms with van der Waals surface area (Å²) in [6.07, 6.45) is 3.24. The Balaban J connectivity index is 1.90. The second-order valence-corrected chi connectivity index (χ2v) is 6.88. The van der Waals surface area contributed by atoms with Gasteiger partial charge in [-0.15, -0.1) is 0 Å². The fraction of sp³-hybridized carbons (Fsp3) is 0.450. The number of hydrogen-bond donors (Lipinski definition) is 1. The number of aliphatic hydroxyl groups is 1. The normalized spacial score (nSPS) is 19.7. The standard InChI is InChI=1S/C20H25NO4/c1-13-12-25-14(2)18(13)19(22)21-11-5-6-17(21)20(3,23)15-7-9-16(24-4)10-8-15/h7-10,12,17,23H,5-6,11H2,1-4H3/t17-,20+/m1/s1. The third-order valence-corrected chi connectivity index (χ3v) is 5.21. The van der Waals surface area contributed by atoms with Crippen molar-refractivity contribution in [2.45, 2.75) is 45.3 Å². The maximum Gasteiger partial charge on any atom is 0.258 e. The van der Waals surface area contributed by atoms with E-state index < -0.39 is 5.60 Å². The van der Waals surface area contributed by atoms with Crippen LogP contribution in [0, 0.1) is 13.8 Å². The third-order valence-electron chi connectivity index (χ3n) is 5.21. The topological polar surface area (TPSA) is 62.9 Å². The summed E-state index contributed by atoms with van der Waals surface area (Å²) in [7, 11) is 1.61. The lowest BCUT2D eigenvalue weighted by molar-refractivity contribution is -0.0178. The molecule has 1 aromatic carbocycles. The Bertz CT molecular complexity index is 741. The van der Waals surface area contributed by atoms with Crippen LogP contribution in [0.4, 0.5) is 0 Å². The number of likely N-dealkylation sites (tertiary alicyclic amines) is 1. The van der Waals surface area contributed by atoms with E-state index >= 15 is 0 Å². The fourth-order valence-corrected chi connectivity index (χ4v) is 3.75. The van der Waals surface area contributed by atoms with Crippen LogP contribution in [0.25, 0.3) is 0 Å². The van der Waals surface area contributed by atoms with E-state index in [1.165, 1.54) is 0 Å². The Kier molecular flexibility index (Phi) is 4.60. The number of amides is 1. The van der Waals surface area contributed by atoms with Gasteiger partial charge in [0.2, 0.25) is 0 Å². The first-order chi connectivity index (χ1) is 11.9. The van der Waals surface area contributed by atoms with Crippen molar-refractivity contribution >= 4 is 5.91 Å². The summed E-state index contributed by atoms with van der Waals surface area (Å²) < 4.78 is 10.6. The third kappa shape index (κ3) is 3.04. The summed E-state index contributed by atoms with van der Waals surface area (Å²) in [5.41, 5.74) is 1.08. The van der Waals surface area contributed by atoms with Crippen molar-refractivity contribution in [1.29, 1.82) is 0 Å². The predicted molar refractivity (Wildman–Crippen MR) is 94.8 cm³/mol. The number of aryl methyl sites for hydroxylation is 2. The molecule has 1 aliphatic heterocycles. The SMILES string of the molecule is COc1ccc([C@](C)(O)[C@H]2CCCN2C(=O)c2c(C)coc2C)cc1. The molecule has 134 valence electrons. The molecule has 0 unspecified atom stereocenters. The zero-order chi connectivity index (χ0) is 18.2. The maximum atomic E-state index is 13.1. The van der Waals surface area contributed by atoms with Crippen LogP contribution in [0.3, 0.4) is 0 Å². The highest BCUT2D eigenvalue weighted by Crippen LogP contribution is 2.36. The second kappa shape index (κ2) is 6.56. The number of hydrogen-bond acceptors (Lipinski definition) is 4. The molecule has 0 saturated carbocycles. The summed E-state index contributed by atoms with van der Waals surface area (Å²) in [5.74, 6) is 1.29. The highest BCUT2D eigenvalue weighted by atomic mass is 16.5. The Morgan fingerprint density at radius 2 is 2.00 bits per heavy atom. The average molecular weight is 343 g/mol. The van der Waals surface area contributed by atoms with Gasteiger partial charge < -0.3 is 19.2 Å². The van der Waals surface area contributed by atoms with Crippen molar-refractivity contribution in [3.63, 3.8) is 0 Å². The highest BCUT2D eigenvalue weighted by Gasteiger charge is 2.43. The monoisotopic (exact) mass is 343 g/mol. The number of nitrogens with zero attached hydrogens (tertiary/aromatic N) is 1. The molecule has 2 heterocycles. The molecule has 1 aliphatic rings. The first kappa shape index (κ1) is 17.5. The molecule has 1 N–H and O–H groups in total. The predicted octanol–water partition coefficient (Wildman–Crippen LogP) is 3.42. The van der Waals surface area contributed by atoms with E-state index in [2.05, 4.69) is 0 Å². The Hall–Kier alpha value is -2.27. The molecule has 0 spiro atoms. The van der Waals surface area contributed by atoms with Gasteiger partial charge in [-0.3, -0.25) is 4.79 Å². The molecular weight excluding hydrogens is 318 g/mol. The minimum atomic E-state index is -1.13. The number of methoxy groups -OCH3 is 1. The van der Waals surface area contributed by atoms with Crippen molar-refractivity contribution in [3.05, 3.63) is 53.0 Å². The van der Waals surface area contributed by atoms with E-state index in [1.807, 2.05) is 31.2 Å². The van der Waals surface area contributed by atoms with Crippen molar-refractivity contribution in [1.82, 2.24) is 4.90 Å². The van der Waals surface area contributed by atoms with Gasteiger partial charge in [-0.2, -0.15) is 0 Å². The van der Waals surface area contributed by atoms with E-state index in [4.69, 9.17) is 9.15 Å². The quantitative estimate of drug-likeness (QED) is 0.924. The molecule has 1 amide bonds. The van der Waals surface area contributed by atoms with Crippen LogP contribution in [-0.2, 0) is 5.60 Å². The van der Waals surface area contributed by atoms with Crippen LogP contribution in [0.2, 0.25) is 0 Å². The van der Waals surface area contributed by atoms with E-state index in [0.29, 0.717) is 17.9 Å². The molecule has 5 heteroatoms. The van der Waals surface area contributed by atoms with Gasteiger partial charge in [0.25, 0.3) is 5.91 Å². The molecule has 5 nitrogen and oxygen atoms in total. The van der Waals surface area contributed by atoms with Crippen molar-refractivity contribution in [2.75, 3.05) is 13.7 Å². The van der Waals surface area contributed by atoms with Gasteiger partial charge in [-0.25, -0.2) is 0 Å². The zero-order valence-electron chi connectivity index (χ0n) is 15.2. The first-order valence-corrected chi connectivity index (χ1v) is 8.58. The Labute approximate surface area is 148 Å². The number of carbonyl (C=O) groups excluding carboxylic acids is 1. The van der Waals surface area contributed by atoms with Gasteiger partial charge in [-0.1, -0.05) is 12.1 Å². The summed E-state index contributed by atoms with van der Waals surface area (Å²) in [5, 5.41) is 11.2.